The predicted molar refractivity (Wildman–Crippen MR) is 79.2 cm³/mol. The molecule has 1 fully saturated rings. The van der Waals surface area contributed by atoms with Crippen LogP contribution in [0.4, 0.5) is 5.69 Å². The molecule has 0 radical (unpaired) electrons. The van der Waals surface area contributed by atoms with Crippen LogP contribution in [0.25, 0.3) is 0 Å². The zero-order valence-electron chi connectivity index (χ0n) is 11.6. The van der Waals surface area contributed by atoms with Gasteiger partial charge in [-0.2, -0.15) is 0 Å². The molecule has 0 amide bonds. The molecule has 118 valence electrons. The number of nitrogens with two attached hydrogens (primary N) is 1. The van der Waals surface area contributed by atoms with Crippen molar-refractivity contribution in [1.82, 2.24) is 0 Å². The predicted octanol–water partition coefficient (Wildman–Crippen LogP) is 1.03. The van der Waals surface area contributed by atoms with Crippen molar-refractivity contribution < 1.29 is 21.6 Å². The quantitative estimate of drug-likeness (QED) is 0.834. The number of rotatable bonds is 5. The molecule has 3 N–H and O–H groups in total. The summed E-state index contributed by atoms with van der Waals surface area (Å²) in [6, 6.07) is 3.89. The molecule has 1 aliphatic rings. The van der Waals surface area contributed by atoms with Gasteiger partial charge in [-0.05, 0) is 25.0 Å². The highest BCUT2D eigenvalue weighted by Crippen LogP contribution is 2.29. The van der Waals surface area contributed by atoms with Gasteiger partial charge in [0.1, 0.15) is 10.6 Å². The van der Waals surface area contributed by atoms with Crippen molar-refractivity contribution in [3.8, 4) is 5.75 Å². The fraction of sp³-hybridized carbons (Fsp3) is 0.500. The van der Waals surface area contributed by atoms with Gasteiger partial charge in [-0.15, -0.1) is 0 Å². The molecule has 1 saturated carbocycles. The van der Waals surface area contributed by atoms with Crippen LogP contribution in [0, 0.1) is 0 Å². The third kappa shape index (κ3) is 3.66. The van der Waals surface area contributed by atoms with Crippen LogP contribution in [-0.2, 0) is 20.0 Å². The second-order valence-electron chi connectivity index (χ2n) is 4.96. The number of hydrogen-bond acceptors (Lipinski definition) is 5. The molecule has 1 aliphatic carbocycles. The van der Waals surface area contributed by atoms with Gasteiger partial charge in [-0.1, -0.05) is 12.8 Å². The smallest absolute Gasteiger partial charge is 0.241 e. The lowest BCUT2D eigenvalue weighted by atomic mass is 10.3. The Morgan fingerprint density at radius 2 is 1.81 bits per heavy atom. The average molecular weight is 334 g/mol. The Bertz CT molecular complexity index is 722. The van der Waals surface area contributed by atoms with Gasteiger partial charge in [-0.3, -0.25) is 4.72 Å². The maximum absolute atomic E-state index is 12.2. The minimum atomic E-state index is -3.92. The van der Waals surface area contributed by atoms with E-state index in [-0.39, 0.29) is 16.3 Å². The van der Waals surface area contributed by atoms with Gasteiger partial charge in [0.05, 0.1) is 18.0 Å². The zero-order chi connectivity index (χ0) is 15.7. The molecule has 0 aromatic heterocycles. The third-order valence-electron chi connectivity index (χ3n) is 3.47. The Balaban J connectivity index is 2.30. The summed E-state index contributed by atoms with van der Waals surface area (Å²) in [5, 5.41) is 4.66. The Hall–Kier alpha value is -1.32. The lowest BCUT2D eigenvalue weighted by molar-refractivity contribution is 0.403. The number of ether oxygens (including phenoxy) is 1. The summed E-state index contributed by atoms with van der Waals surface area (Å²) in [5.41, 5.74) is 0.256. The lowest BCUT2D eigenvalue weighted by Gasteiger charge is -2.15. The van der Waals surface area contributed by atoms with Crippen LogP contribution >= 0.6 is 0 Å². The SMILES string of the molecule is COc1cc(NS(=O)(=O)C2CCCC2)ccc1S(N)(=O)=O. The molecule has 0 aliphatic heterocycles. The zero-order valence-corrected chi connectivity index (χ0v) is 13.2. The van der Waals surface area contributed by atoms with E-state index in [0.717, 1.165) is 12.8 Å². The van der Waals surface area contributed by atoms with Crippen molar-refractivity contribution in [3.05, 3.63) is 18.2 Å². The largest absolute Gasteiger partial charge is 0.495 e. The summed E-state index contributed by atoms with van der Waals surface area (Å²) in [6.07, 6.45) is 3.09. The van der Waals surface area contributed by atoms with Crippen LogP contribution < -0.4 is 14.6 Å². The Morgan fingerprint density at radius 3 is 2.33 bits per heavy atom. The monoisotopic (exact) mass is 334 g/mol. The third-order valence-corrected chi connectivity index (χ3v) is 6.29. The van der Waals surface area contributed by atoms with Gasteiger partial charge in [-0.25, -0.2) is 22.0 Å². The van der Waals surface area contributed by atoms with Gasteiger partial charge < -0.3 is 4.74 Å². The van der Waals surface area contributed by atoms with Crippen molar-refractivity contribution in [2.24, 2.45) is 5.14 Å². The molecule has 0 heterocycles. The lowest BCUT2D eigenvalue weighted by Crippen LogP contribution is -2.25. The molecule has 7 nitrogen and oxygen atoms in total. The molecule has 0 spiro atoms. The minimum Gasteiger partial charge on any atom is -0.495 e. The van der Waals surface area contributed by atoms with Crippen LogP contribution in [0.3, 0.4) is 0 Å². The van der Waals surface area contributed by atoms with Crippen LogP contribution in [0.2, 0.25) is 0 Å². The number of anilines is 1. The summed E-state index contributed by atoms with van der Waals surface area (Å²) in [6.45, 7) is 0. The van der Waals surface area contributed by atoms with Gasteiger partial charge >= 0.3 is 0 Å². The molecule has 1 aromatic rings. The molecule has 0 atom stereocenters. The summed E-state index contributed by atoms with van der Waals surface area (Å²) in [7, 11) is -6.11. The first-order chi connectivity index (χ1) is 9.74. The molecular formula is C12H18N2O5S2. The van der Waals surface area contributed by atoms with E-state index < -0.39 is 25.3 Å². The molecule has 0 unspecified atom stereocenters. The van der Waals surface area contributed by atoms with E-state index in [0.29, 0.717) is 12.8 Å². The number of sulfonamides is 2. The van der Waals surface area contributed by atoms with Crippen molar-refractivity contribution in [3.63, 3.8) is 0 Å². The first-order valence-electron chi connectivity index (χ1n) is 6.46. The van der Waals surface area contributed by atoms with E-state index in [1.165, 1.54) is 25.3 Å². The number of primary sulfonamides is 1. The first kappa shape index (κ1) is 16.1. The molecule has 9 heteroatoms. The van der Waals surface area contributed by atoms with Crippen LogP contribution in [-0.4, -0.2) is 29.2 Å². The van der Waals surface area contributed by atoms with Crippen LogP contribution in [0.1, 0.15) is 25.7 Å². The van der Waals surface area contributed by atoms with E-state index in [2.05, 4.69) is 4.72 Å². The highest BCUT2D eigenvalue weighted by Gasteiger charge is 2.29. The van der Waals surface area contributed by atoms with Gasteiger partial charge in [0, 0.05) is 6.07 Å². The molecule has 0 bridgehead atoms. The van der Waals surface area contributed by atoms with E-state index in [9.17, 15) is 16.8 Å². The second kappa shape index (κ2) is 5.82. The molecular weight excluding hydrogens is 316 g/mol. The second-order valence-corrected chi connectivity index (χ2v) is 8.45. The Morgan fingerprint density at radius 1 is 1.19 bits per heavy atom. The van der Waals surface area contributed by atoms with Gasteiger partial charge in [0.15, 0.2) is 0 Å². The molecule has 0 saturated heterocycles. The van der Waals surface area contributed by atoms with E-state index in [1.54, 1.807) is 0 Å². The standard InChI is InChI=1S/C12H18N2O5S2/c1-19-11-8-9(6-7-12(11)20(13,15)16)14-21(17,18)10-4-2-3-5-10/h6-8,10,14H,2-5H2,1H3,(H2,13,15,16). The van der Waals surface area contributed by atoms with E-state index in [4.69, 9.17) is 9.88 Å². The van der Waals surface area contributed by atoms with Gasteiger partial charge in [0.2, 0.25) is 20.0 Å². The fourth-order valence-electron chi connectivity index (χ4n) is 2.41. The number of hydrogen-bond donors (Lipinski definition) is 2. The summed E-state index contributed by atoms with van der Waals surface area (Å²) in [5.74, 6) is 0.00382. The topological polar surface area (TPSA) is 116 Å². The number of benzene rings is 1. The Labute approximate surface area is 124 Å². The maximum Gasteiger partial charge on any atom is 0.241 e. The van der Waals surface area contributed by atoms with Crippen molar-refractivity contribution in [1.29, 1.82) is 0 Å². The van der Waals surface area contributed by atoms with Gasteiger partial charge in [0.25, 0.3) is 0 Å². The van der Waals surface area contributed by atoms with E-state index in [1.807, 2.05) is 0 Å². The van der Waals surface area contributed by atoms with Crippen LogP contribution in [0.15, 0.2) is 23.1 Å². The molecule has 1 aromatic carbocycles. The minimum absolute atomic E-state index is 0.00382. The summed E-state index contributed by atoms with van der Waals surface area (Å²) >= 11 is 0. The molecule has 21 heavy (non-hydrogen) atoms. The number of nitrogens with one attached hydrogen (secondary N) is 1. The summed E-state index contributed by atoms with van der Waals surface area (Å²) < 4.78 is 54.6. The van der Waals surface area contributed by atoms with Crippen LogP contribution in [0.5, 0.6) is 5.75 Å². The first-order valence-corrected chi connectivity index (χ1v) is 9.56. The van der Waals surface area contributed by atoms with Crippen molar-refractivity contribution in [2.75, 3.05) is 11.8 Å². The Kier molecular flexibility index (Phi) is 4.45. The molecule has 2 rings (SSSR count). The fourth-order valence-corrected chi connectivity index (χ4v) is 4.67. The highest BCUT2D eigenvalue weighted by atomic mass is 32.2. The van der Waals surface area contributed by atoms with E-state index >= 15 is 0 Å². The maximum atomic E-state index is 12.2. The number of methoxy groups -OCH3 is 1. The van der Waals surface area contributed by atoms with Crippen molar-refractivity contribution in [2.45, 2.75) is 35.8 Å². The average Bonchev–Trinajstić information content (AvgIpc) is 2.91. The summed E-state index contributed by atoms with van der Waals surface area (Å²) in [4.78, 5) is -0.186. The normalized spacial score (nSPS) is 16.9. The highest BCUT2D eigenvalue weighted by molar-refractivity contribution is 7.93. The van der Waals surface area contributed by atoms with Crippen molar-refractivity contribution >= 4 is 25.7 Å².